The number of fused-ring (bicyclic) bond motifs is 1. The Morgan fingerprint density at radius 2 is 2.05 bits per heavy atom. The van der Waals surface area contributed by atoms with Crippen molar-refractivity contribution in [2.75, 3.05) is 19.7 Å². The average molecular weight is 291 g/mol. The Bertz CT molecular complexity index is 527. The molecule has 0 aromatic heterocycles. The zero-order valence-corrected chi connectivity index (χ0v) is 12.3. The SMILES string of the molecule is CCN(CCC(=O)O)C(=O)COc1ccc2c(c1)CCC2. The van der Waals surface area contributed by atoms with E-state index in [-0.39, 0.29) is 25.5 Å². The van der Waals surface area contributed by atoms with E-state index in [1.165, 1.54) is 22.4 Å². The number of rotatable bonds is 7. The second kappa shape index (κ2) is 7.11. The lowest BCUT2D eigenvalue weighted by molar-refractivity contribution is -0.139. The molecule has 1 aromatic rings. The molecule has 1 aliphatic rings. The fraction of sp³-hybridized carbons (Fsp3) is 0.500. The molecule has 1 aliphatic carbocycles. The minimum absolute atomic E-state index is 0.0432. The van der Waals surface area contributed by atoms with Gasteiger partial charge in [-0.25, -0.2) is 0 Å². The van der Waals surface area contributed by atoms with Crippen LogP contribution < -0.4 is 4.74 Å². The first-order valence-corrected chi connectivity index (χ1v) is 7.34. The highest BCUT2D eigenvalue weighted by molar-refractivity contribution is 5.78. The van der Waals surface area contributed by atoms with Gasteiger partial charge in [0.2, 0.25) is 0 Å². The van der Waals surface area contributed by atoms with Crippen LogP contribution in [0.5, 0.6) is 5.75 Å². The van der Waals surface area contributed by atoms with Crippen LogP contribution in [0.3, 0.4) is 0 Å². The second-order valence-corrected chi connectivity index (χ2v) is 5.19. The zero-order chi connectivity index (χ0) is 15.2. The number of carboxylic acid groups (broad SMARTS) is 1. The van der Waals surface area contributed by atoms with E-state index in [9.17, 15) is 9.59 Å². The summed E-state index contributed by atoms with van der Waals surface area (Å²) in [6, 6.07) is 5.96. The third-order valence-electron chi connectivity index (χ3n) is 3.76. The van der Waals surface area contributed by atoms with Gasteiger partial charge in [-0.05, 0) is 49.4 Å². The van der Waals surface area contributed by atoms with Crippen molar-refractivity contribution < 1.29 is 19.4 Å². The van der Waals surface area contributed by atoms with E-state index in [1.807, 2.05) is 19.1 Å². The Hall–Kier alpha value is -2.04. The van der Waals surface area contributed by atoms with Crippen molar-refractivity contribution in [2.24, 2.45) is 0 Å². The van der Waals surface area contributed by atoms with Crippen molar-refractivity contribution in [3.8, 4) is 5.75 Å². The van der Waals surface area contributed by atoms with Gasteiger partial charge >= 0.3 is 5.97 Å². The summed E-state index contributed by atoms with van der Waals surface area (Å²) in [4.78, 5) is 24.1. The number of hydrogen-bond donors (Lipinski definition) is 1. The molecule has 21 heavy (non-hydrogen) atoms. The van der Waals surface area contributed by atoms with Gasteiger partial charge < -0.3 is 14.7 Å². The quantitative estimate of drug-likeness (QED) is 0.833. The van der Waals surface area contributed by atoms with Crippen LogP contribution in [-0.2, 0) is 22.4 Å². The van der Waals surface area contributed by atoms with Gasteiger partial charge in [0.05, 0.1) is 6.42 Å². The molecule has 0 aliphatic heterocycles. The number of carbonyl (C=O) groups excluding carboxylic acids is 1. The topological polar surface area (TPSA) is 66.8 Å². The molecular formula is C16H21NO4. The number of carbonyl (C=O) groups is 2. The van der Waals surface area contributed by atoms with Crippen molar-refractivity contribution in [1.29, 1.82) is 0 Å². The van der Waals surface area contributed by atoms with Gasteiger partial charge in [0, 0.05) is 13.1 Å². The maximum Gasteiger partial charge on any atom is 0.305 e. The van der Waals surface area contributed by atoms with E-state index in [1.54, 1.807) is 0 Å². The molecule has 0 saturated carbocycles. The molecule has 1 N–H and O–H groups in total. The number of benzene rings is 1. The van der Waals surface area contributed by atoms with Crippen LogP contribution in [0.1, 0.15) is 30.9 Å². The first-order valence-electron chi connectivity index (χ1n) is 7.34. The summed E-state index contributed by atoms with van der Waals surface area (Å²) in [6.07, 6.45) is 3.32. The number of nitrogens with zero attached hydrogens (tertiary/aromatic N) is 1. The molecule has 0 saturated heterocycles. The molecule has 1 aromatic carbocycles. The van der Waals surface area contributed by atoms with Crippen LogP contribution in [0, 0.1) is 0 Å². The Kier molecular flexibility index (Phi) is 5.20. The van der Waals surface area contributed by atoms with E-state index >= 15 is 0 Å². The molecule has 0 heterocycles. The molecular weight excluding hydrogens is 270 g/mol. The molecule has 0 unspecified atom stereocenters. The number of likely N-dealkylation sites (N-methyl/N-ethyl adjacent to an activating group) is 1. The van der Waals surface area contributed by atoms with E-state index in [0.29, 0.717) is 12.3 Å². The minimum atomic E-state index is -0.902. The van der Waals surface area contributed by atoms with Crippen LogP contribution in [0.15, 0.2) is 18.2 Å². The summed E-state index contributed by atoms with van der Waals surface area (Å²) in [7, 11) is 0. The maximum absolute atomic E-state index is 12.0. The fourth-order valence-corrected chi connectivity index (χ4v) is 2.56. The monoisotopic (exact) mass is 291 g/mol. The Morgan fingerprint density at radius 1 is 1.29 bits per heavy atom. The smallest absolute Gasteiger partial charge is 0.305 e. The number of hydrogen-bond acceptors (Lipinski definition) is 3. The molecule has 0 spiro atoms. The Labute approximate surface area is 124 Å². The molecule has 0 bridgehead atoms. The van der Waals surface area contributed by atoms with Crippen molar-refractivity contribution in [1.82, 2.24) is 4.90 Å². The average Bonchev–Trinajstić information content (AvgIpc) is 2.92. The summed E-state index contributed by atoms with van der Waals surface area (Å²) in [5.41, 5.74) is 2.67. The van der Waals surface area contributed by atoms with Crippen LogP contribution in [0.2, 0.25) is 0 Å². The van der Waals surface area contributed by atoms with Crippen molar-refractivity contribution in [3.63, 3.8) is 0 Å². The van der Waals surface area contributed by atoms with Crippen LogP contribution >= 0.6 is 0 Å². The highest BCUT2D eigenvalue weighted by Gasteiger charge is 2.15. The minimum Gasteiger partial charge on any atom is -0.484 e. The van der Waals surface area contributed by atoms with E-state index in [0.717, 1.165) is 12.8 Å². The van der Waals surface area contributed by atoms with E-state index in [4.69, 9.17) is 9.84 Å². The molecule has 5 nitrogen and oxygen atoms in total. The molecule has 0 atom stereocenters. The van der Waals surface area contributed by atoms with E-state index in [2.05, 4.69) is 6.07 Å². The van der Waals surface area contributed by atoms with Crippen molar-refractivity contribution in [2.45, 2.75) is 32.6 Å². The van der Waals surface area contributed by atoms with Gasteiger partial charge in [-0.3, -0.25) is 9.59 Å². The lowest BCUT2D eigenvalue weighted by atomic mass is 10.1. The summed E-state index contributed by atoms with van der Waals surface area (Å²) < 4.78 is 5.54. The van der Waals surface area contributed by atoms with Crippen LogP contribution in [-0.4, -0.2) is 41.6 Å². The van der Waals surface area contributed by atoms with Gasteiger partial charge in [0.25, 0.3) is 5.91 Å². The number of carboxylic acids is 1. The van der Waals surface area contributed by atoms with Gasteiger partial charge in [-0.15, -0.1) is 0 Å². The molecule has 5 heteroatoms. The third kappa shape index (κ3) is 4.21. The number of amides is 1. The highest BCUT2D eigenvalue weighted by atomic mass is 16.5. The lowest BCUT2D eigenvalue weighted by Crippen LogP contribution is -2.36. The Morgan fingerprint density at radius 3 is 2.76 bits per heavy atom. The van der Waals surface area contributed by atoms with Gasteiger partial charge in [-0.2, -0.15) is 0 Å². The van der Waals surface area contributed by atoms with Gasteiger partial charge in [-0.1, -0.05) is 6.07 Å². The molecule has 2 rings (SSSR count). The predicted molar refractivity (Wildman–Crippen MR) is 78.5 cm³/mol. The maximum atomic E-state index is 12.0. The summed E-state index contributed by atoms with van der Waals surface area (Å²) in [6.45, 7) is 2.49. The van der Waals surface area contributed by atoms with Crippen molar-refractivity contribution >= 4 is 11.9 Å². The van der Waals surface area contributed by atoms with Crippen LogP contribution in [0.25, 0.3) is 0 Å². The molecule has 0 fully saturated rings. The van der Waals surface area contributed by atoms with Gasteiger partial charge in [0.15, 0.2) is 6.61 Å². The molecule has 114 valence electrons. The summed E-state index contributed by atoms with van der Waals surface area (Å²) >= 11 is 0. The largest absolute Gasteiger partial charge is 0.484 e. The predicted octanol–water partition coefficient (Wildman–Crippen LogP) is 1.88. The lowest BCUT2D eigenvalue weighted by Gasteiger charge is -2.20. The second-order valence-electron chi connectivity index (χ2n) is 5.19. The Balaban J connectivity index is 1.86. The molecule has 1 amide bonds. The van der Waals surface area contributed by atoms with Crippen molar-refractivity contribution in [3.05, 3.63) is 29.3 Å². The summed E-state index contributed by atoms with van der Waals surface area (Å²) in [5, 5.41) is 8.67. The number of ether oxygens (including phenoxy) is 1. The number of aliphatic carboxylic acids is 1. The third-order valence-corrected chi connectivity index (χ3v) is 3.76. The summed E-state index contributed by atoms with van der Waals surface area (Å²) in [5.74, 6) is -0.377. The first-order chi connectivity index (χ1) is 10.1. The highest BCUT2D eigenvalue weighted by Crippen LogP contribution is 2.25. The first kappa shape index (κ1) is 15.4. The molecule has 0 radical (unpaired) electrons. The fourth-order valence-electron chi connectivity index (χ4n) is 2.56. The van der Waals surface area contributed by atoms with Gasteiger partial charge in [0.1, 0.15) is 5.75 Å². The number of aryl methyl sites for hydroxylation is 2. The van der Waals surface area contributed by atoms with Crippen LogP contribution in [0.4, 0.5) is 0 Å². The van der Waals surface area contributed by atoms with E-state index < -0.39 is 5.97 Å². The normalized spacial score (nSPS) is 12.8. The zero-order valence-electron chi connectivity index (χ0n) is 12.3. The standard InChI is InChI=1S/C16H21NO4/c1-2-17(9-8-16(19)20)15(18)11-21-14-7-6-12-4-3-5-13(12)10-14/h6-7,10H,2-5,8-9,11H2,1H3,(H,19,20).